The van der Waals surface area contributed by atoms with Crippen LogP contribution in [0.1, 0.15) is 44.2 Å². The number of anilines is 3. The lowest BCUT2D eigenvalue weighted by atomic mass is 9.91. The Labute approximate surface area is 258 Å². The van der Waals surface area contributed by atoms with Crippen molar-refractivity contribution in [3.63, 3.8) is 0 Å². The second kappa shape index (κ2) is 10.3. The summed E-state index contributed by atoms with van der Waals surface area (Å²) >= 11 is 0. The van der Waals surface area contributed by atoms with Crippen molar-refractivity contribution in [2.45, 2.75) is 44.1 Å². The van der Waals surface area contributed by atoms with Gasteiger partial charge in [0.25, 0.3) is 0 Å². The highest BCUT2D eigenvalue weighted by Crippen LogP contribution is 2.67. The first-order valence-corrected chi connectivity index (χ1v) is 14.3. The summed E-state index contributed by atoms with van der Waals surface area (Å²) in [6.07, 6.45) is 6.12. The van der Waals surface area contributed by atoms with Gasteiger partial charge in [-0.1, -0.05) is 6.07 Å². The van der Waals surface area contributed by atoms with Crippen LogP contribution in [0, 0.1) is 0 Å². The van der Waals surface area contributed by atoms with E-state index in [0.717, 1.165) is 22.0 Å². The molecule has 0 unspecified atom stereocenters. The maximum absolute atomic E-state index is 14.0. The lowest BCUT2D eigenvalue weighted by Crippen LogP contribution is -2.41. The normalized spacial score (nSPS) is 18.6. The molecule has 228 valence electrons. The number of aromatic nitrogens is 6. The second-order valence-corrected chi connectivity index (χ2v) is 12.0. The number of hydrogen-bond donors (Lipinski definition) is 2. The molecule has 13 heteroatoms. The smallest absolute Gasteiger partial charge is 0.421 e. The molecule has 1 saturated carbocycles. The molecule has 2 aliphatic rings. The number of nitrogens with zero attached hydrogens (tertiary/aromatic N) is 6. The zero-order chi connectivity index (χ0) is 31.5. The minimum atomic E-state index is -0.901. The Morgan fingerprint density at radius 3 is 2.58 bits per heavy atom. The van der Waals surface area contributed by atoms with Gasteiger partial charge in [0.1, 0.15) is 17.7 Å². The molecule has 0 saturated heterocycles. The van der Waals surface area contributed by atoms with Crippen molar-refractivity contribution in [2.75, 3.05) is 24.4 Å². The molecule has 5 aromatic rings. The number of amides is 2. The third-order valence-electron chi connectivity index (χ3n) is 8.07. The van der Waals surface area contributed by atoms with E-state index in [1.807, 2.05) is 24.3 Å². The van der Waals surface area contributed by atoms with Crippen LogP contribution in [-0.2, 0) is 14.9 Å². The summed E-state index contributed by atoms with van der Waals surface area (Å²) in [5, 5.41) is 11.6. The first-order valence-electron chi connectivity index (χ1n) is 14.3. The van der Waals surface area contributed by atoms with E-state index in [1.54, 1.807) is 58.6 Å². The van der Waals surface area contributed by atoms with Crippen molar-refractivity contribution >= 4 is 40.2 Å². The fourth-order valence-electron chi connectivity index (χ4n) is 5.93. The Morgan fingerprint density at radius 1 is 1.04 bits per heavy atom. The van der Waals surface area contributed by atoms with Gasteiger partial charge in [-0.05, 0) is 68.7 Å². The quantitative estimate of drug-likeness (QED) is 0.259. The monoisotopic (exact) mass is 606 g/mol. The number of fused-ring (bicyclic) bond motifs is 3. The second-order valence-electron chi connectivity index (χ2n) is 12.0. The number of hydrogen-bond acceptors (Lipinski definition) is 11. The van der Waals surface area contributed by atoms with Crippen LogP contribution in [0.15, 0.2) is 61.3 Å². The van der Waals surface area contributed by atoms with E-state index in [0.29, 0.717) is 46.6 Å². The van der Waals surface area contributed by atoms with Crippen LogP contribution >= 0.6 is 0 Å². The summed E-state index contributed by atoms with van der Waals surface area (Å²) in [7, 11) is 3.12. The molecule has 45 heavy (non-hydrogen) atoms. The highest BCUT2D eigenvalue weighted by Gasteiger charge is 2.68. The predicted octanol–water partition coefficient (Wildman–Crippen LogP) is 5.28. The first kappa shape index (κ1) is 28.2. The molecule has 1 spiro atoms. The van der Waals surface area contributed by atoms with E-state index in [1.165, 1.54) is 18.3 Å². The highest BCUT2D eigenvalue weighted by molar-refractivity contribution is 6.23. The van der Waals surface area contributed by atoms with Gasteiger partial charge < -0.3 is 19.5 Å². The van der Waals surface area contributed by atoms with Gasteiger partial charge in [-0.15, -0.1) is 0 Å². The third-order valence-corrected chi connectivity index (χ3v) is 8.07. The topological polar surface area (TPSA) is 157 Å². The molecule has 0 bridgehead atoms. The summed E-state index contributed by atoms with van der Waals surface area (Å²) in [6, 6.07) is 11.2. The fraction of sp³-hybridized carbons (Fsp3) is 0.281. The first-order chi connectivity index (χ1) is 21.6. The van der Waals surface area contributed by atoms with Crippen LogP contribution in [0.4, 0.5) is 22.1 Å². The average molecular weight is 607 g/mol. The molecule has 1 aliphatic carbocycles. The molecule has 7 rings (SSSR count). The molecule has 4 heterocycles. The van der Waals surface area contributed by atoms with Crippen molar-refractivity contribution in [3.8, 4) is 22.9 Å². The van der Waals surface area contributed by atoms with Crippen LogP contribution in [0.25, 0.3) is 22.3 Å². The Morgan fingerprint density at radius 2 is 1.84 bits per heavy atom. The SMILES string of the molecule is COc1ccc2c(c1)[C@]1(C[C@H]1c1ccc3c(Nc4nc(-c5cncnc5)ncc4OC)n[nH]c3c1)C(=O)N2C(=O)OC(C)(C)C. The number of ether oxygens (including phenoxy) is 3. The third kappa shape index (κ3) is 4.67. The standard InChI is InChI=1S/C32H30N8O5/c1-31(2,3)45-30(42)40-24-9-7-19(43-4)11-21(24)32(29(40)41)12-22(32)17-6-8-20-23(10-17)38-39-27(20)37-28-25(44-5)15-35-26(36-28)18-13-33-16-34-14-18/h6-11,13-16,22H,12H2,1-5H3,(H2,35,36,37,38,39)/t22-,32-/m0/s1. The number of imide groups is 1. The summed E-state index contributed by atoms with van der Waals surface area (Å²) in [5.41, 5.74) is 1.98. The number of carbonyl (C=O) groups is 2. The van der Waals surface area contributed by atoms with Gasteiger partial charge in [-0.2, -0.15) is 5.10 Å². The average Bonchev–Trinajstić information content (AvgIpc) is 3.60. The zero-order valence-electron chi connectivity index (χ0n) is 25.3. The van der Waals surface area contributed by atoms with Gasteiger partial charge in [-0.25, -0.2) is 29.6 Å². The van der Waals surface area contributed by atoms with Gasteiger partial charge >= 0.3 is 6.09 Å². The lowest BCUT2D eigenvalue weighted by molar-refractivity contribution is -0.120. The van der Waals surface area contributed by atoms with Crippen molar-refractivity contribution in [3.05, 3.63) is 72.4 Å². The van der Waals surface area contributed by atoms with Crippen LogP contribution in [-0.4, -0.2) is 62.0 Å². The summed E-state index contributed by atoms with van der Waals surface area (Å²) in [5.74, 6) is 1.98. The molecule has 13 nitrogen and oxygen atoms in total. The maximum atomic E-state index is 14.0. The maximum Gasteiger partial charge on any atom is 0.421 e. The van der Waals surface area contributed by atoms with E-state index in [4.69, 9.17) is 14.2 Å². The predicted molar refractivity (Wildman–Crippen MR) is 165 cm³/mol. The summed E-state index contributed by atoms with van der Waals surface area (Å²) in [6.45, 7) is 5.32. The number of benzene rings is 2. The molecule has 0 radical (unpaired) electrons. The Balaban J connectivity index is 1.20. The summed E-state index contributed by atoms with van der Waals surface area (Å²) < 4.78 is 16.6. The van der Waals surface area contributed by atoms with Gasteiger partial charge in [0, 0.05) is 23.7 Å². The molecule has 2 aromatic carbocycles. The lowest BCUT2D eigenvalue weighted by Gasteiger charge is -2.24. The molecule has 1 aliphatic heterocycles. The van der Waals surface area contributed by atoms with E-state index in [9.17, 15) is 9.59 Å². The Bertz CT molecular complexity index is 1970. The molecule has 2 amide bonds. The number of aromatic amines is 1. The Hall–Kier alpha value is -5.59. The molecule has 3 aromatic heterocycles. The van der Waals surface area contributed by atoms with Crippen molar-refractivity contribution < 1.29 is 23.8 Å². The van der Waals surface area contributed by atoms with E-state index in [2.05, 4.69) is 35.5 Å². The number of nitrogens with one attached hydrogen (secondary N) is 2. The van der Waals surface area contributed by atoms with Crippen molar-refractivity contribution in [1.82, 2.24) is 30.1 Å². The van der Waals surface area contributed by atoms with Crippen LogP contribution in [0.2, 0.25) is 0 Å². The number of rotatable bonds is 6. The van der Waals surface area contributed by atoms with Crippen LogP contribution < -0.4 is 19.7 Å². The fourth-order valence-corrected chi connectivity index (χ4v) is 5.93. The molecular weight excluding hydrogens is 576 g/mol. The molecule has 2 N–H and O–H groups in total. The minimum absolute atomic E-state index is 0.162. The minimum Gasteiger partial charge on any atom is -0.497 e. The number of carbonyl (C=O) groups excluding carboxylic acids is 2. The van der Waals surface area contributed by atoms with Gasteiger partial charge in [0.05, 0.1) is 42.6 Å². The Kier molecular flexibility index (Phi) is 6.42. The van der Waals surface area contributed by atoms with Crippen molar-refractivity contribution in [1.29, 1.82) is 0 Å². The van der Waals surface area contributed by atoms with Gasteiger partial charge in [-0.3, -0.25) is 9.89 Å². The van der Waals surface area contributed by atoms with E-state index >= 15 is 0 Å². The molecular formula is C32H30N8O5. The summed E-state index contributed by atoms with van der Waals surface area (Å²) in [4.78, 5) is 45.5. The molecule has 2 atom stereocenters. The van der Waals surface area contributed by atoms with Gasteiger partial charge in [0.2, 0.25) is 5.91 Å². The molecule has 1 fully saturated rings. The van der Waals surface area contributed by atoms with Crippen LogP contribution in [0.5, 0.6) is 11.5 Å². The van der Waals surface area contributed by atoms with Crippen molar-refractivity contribution in [2.24, 2.45) is 0 Å². The van der Waals surface area contributed by atoms with E-state index < -0.39 is 17.1 Å². The zero-order valence-corrected chi connectivity index (χ0v) is 25.3. The highest BCUT2D eigenvalue weighted by atomic mass is 16.6. The largest absolute Gasteiger partial charge is 0.497 e. The number of methoxy groups -OCH3 is 2. The van der Waals surface area contributed by atoms with Crippen LogP contribution in [0.3, 0.4) is 0 Å². The number of H-pyrrole nitrogens is 1. The van der Waals surface area contributed by atoms with E-state index in [-0.39, 0.29) is 11.8 Å². The van der Waals surface area contributed by atoms with Gasteiger partial charge in [0.15, 0.2) is 23.2 Å².